The molecule has 3 nitrogen and oxygen atoms in total. The summed E-state index contributed by atoms with van der Waals surface area (Å²) in [4.78, 5) is 15.3. The summed E-state index contributed by atoms with van der Waals surface area (Å²) < 4.78 is 0. The highest BCUT2D eigenvalue weighted by Crippen LogP contribution is 2.59. The standard InChI is InChI=1S/C25H32N2O/c1-19-15-20(2)17-22(16-19)26-24(28)23-18-25(23)10-13-27(14-11-25)12-6-9-21-7-4-3-5-8-21/h3-5,7-8,15-17,23H,6,9-14,18H2,1-2H3,(H,26,28). The van der Waals surface area contributed by atoms with Crippen LogP contribution in [0.2, 0.25) is 0 Å². The van der Waals surface area contributed by atoms with Gasteiger partial charge in [0.25, 0.3) is 0 Å². The number of carbonyl (C=O) groups is 1. The zero-order valence-electron chi connectivity index (χ0n) is 17.2. The Hall–Kier alpha value is -2.13. The molecule has 1 saturated carbocycles. The van der Waals surface area contributed by atoms with Crippen LogP contribution in [0.1, 0.15) is 42.4 Å². The lowest BCUT2D eigenvalue weighted by molar-refractivity contribution is -0.118. The van der Waals surface area contributed by atoms with E-state index in [1.54, 1.807) is 0 Å². The fourth-order valence-electron chi connectivity index (χ4n) is 4.92. The van der Waals surface area contributed by atoms with Crippen molar-refractivity contribution in [3.63, 3.8) is 0 Å². The highest BCUT2D eigenvalue weighted by molar-refractivity contribution is 5.95. The number of amides is 1. The van der Waals surface area contributed by atoms with Crippen LogP contribution in [-0.4, -0.2) is 30.4 Å². The van der Waals surface area contributed by atoms with Gasteiger partial charge in [0.15, 0.2) is 0 Å². The molecule has 2 aliphatic rings. The molecule has 0 aromatic heterocycles. The van der Waals surface area contributed by atoms with Gasteiger partial charge < -0.3 is 10.2 Å². The van der Waals surface area contributed by atoms with Crippen molar-refractivity contribution in [3.05, 3.63) is 65.2 Å². The number of aryl methyl sites for hydroxylation is 3. The molecule has 148 valence electrons. The van der Waals surface area contributed by atoms with E-state index in [1.807, 2.05) is 0 Å². The second kappa shape index (κ2) is 8.08. The van der Waals surface area contributed by atoms with Crippen molar-refractivity contribution in [2.45, 2.75) is 46.0 Å². The Bertz CT molecular complexity index is 801. The zero-order valence-corrected chi connectivity index (χ0v) is 17.2. The minimum Gasteiger partial charge on any atom is -0.326 e. The second-order valence-corrected chi connectivity index (χ2v) is 8.92. The molecule has 0 radical (unpaired) electrons. The van der Waals surface area contributed by atoms with E-state index in [0.717, 1.165) is 31.6 Å². The van der Waals surface area contributed by atoms with Crippen LogP contribution in [0.25, 0.3) is 0 Å². The summed E-state index contributed by atoms with van der Waals surface area (Å²) in [6.07, 6.45) is 5.78. The Morgan fingerprint density at radius 3 is 2.43 bits per heavy atom. The molecule has 1 aliphatic heterocycles. The Labute approximate surface area is 169 Å². The van der Waals surface area contributed by atoms with Gasteiger partial charge in [-0.15, -0.1) is 0 Å². The van der Waals surface area contributed by atoms with Crippen LogP contribution < -0.4 is 5.32 Å². The van der Waals surface area contributed by atoms with Gasteiger partial charge in [0.2, 0.25) is 5.91 Å². The number of rotatable bonds is 6. The fourth-order valence-corrected chi connectivity index (χ4v) is 4.92. The molecule has 1 atom stereocenters. The van der Waals surface area contributed by atoms with Crippen molar-refractivity contribution in [1.29, 1.82) is 0 Å². The molecule has 0 bridgehead atoms. The van der Waals surface area contributed by atoms with Gasteiger partial charge in [-0.25, -0.2) is 0 Å². The summed E-state index contributed by atoms with van der Waals surface area (Å²) in [5, 5.41) is 3.17. The quantitative estimate of drug-likeness (QED) is 0.771. The molecule has 28 heavy (non-hydrogen) atoms. The maximum absolute atomic E-state index is 12.8. The minimum absolute atomic E-state index is 0.208. The van der Waals surface area contributed by atoms with Crippen LogP contribution in [0.3, 0.4) is 0 Å². The number of piperidine rings is 1. The van der Waals surface area contributed by atoms with Crippen molar-refractivity contribution < 1.29 is 4.79 Å². The highest BCUT2D eigenvalue weighted by Gasteiger charge is 2.58. The van der Waals surface area contributed by atoms with Crippen molar-refractivity contribution >= 4 is 11.6 Å². The lowest BCUT2D eigenvalue weighted by Gasteiger charge is -2.32. The van der Waals surface area contributed by atoms with Crippen LogP contribution in [0, 0.1) is 25.2 Å². The third-order valence-corrected chi connectivity index (χ3v) is 6.63. The summed E-state index contributed by atoms with van der Waals surface area (Å²) in [6, 6.07) is 17.0. The number of benzene rings is 2. The van der Waals surface area contributed by atoms with Crippen LogP contribution in [0.4, 0.5) is 5.69 Å². The van der Waals surface area contributed by atoms with E-state index in [1.165, 1.54) is 42.5 Å². The Morgan fingerprint density at radius 2 is 1.75 bits per heavy atom. The SMILES string of the molecule is Cc1cc(C)cc(NC(=O)C2CC23CCN(CCCc2ccccc2)CC3)c1. The van der Waals surface area contributed by atoms with Crippen LogP contribution in [-0.2, 0) is 11.2 Å². The average molecular weight is 377 g/mol. The Kier molecular flexibility index (Phi) is 5.54. The molecule has 1 saturated heterocycles. The zero-order chi connectivity index (χ0) is 19.6. The number of likely N-dealkylation sites (tertiary alicyclic amines) is 1. The van der Waals surface area contributed by atoms with E-state index < -0.39 is 0 Å². The summed E-state index contributed by atoms with van der Waals surface area (Å²) in [5.41, 5.74) is 5.05. The maximum atomic E-state index is 12.8. The first-order chi connectivity index (χ1) is 13.5. The molecule has 3 heteroatoms. The predicted octanol–water partition coefficient (Wildman–Crippen LogP) is 4.98. The number of hydrogen-bond acceptors (Lipinski definition) is 2. The fraction of sp³-hybridized carbons (Fsp3) is 0.480. The second-order valence-electron chi connectivity index (χ2n) is 8.92. The van der Waals surface area contributed by atoms with Gasteiger partial charge in [0.05, 0.1) is 0 Å². The Morgan fingerprint density at radius 1 is 1.07 bits per heavy atom. The molecule has 1 amide bonds. The predicted molar refractivity (Wildman–Crippen MR) is 116 cm³/mol. The maximum Gasteiger partial charge on any atom is 0.228 e. The minimum atomic E-state index is 0.208. The molecule has 1 unspecified atom stereocenters. The first-order valence-corrected chi connectivity index (χ1v) is 10.7. The van der Waals surface area contributed by atoms with Crippen molar-refractivity contribution in [3.8, 4) is 0 Å². The molecule has 1 aliphatic carbocycles. The molecule has 1 N–H and O–H groups in total. The van der Waals surface area contributed by atoms with Gasteiger partial charge in [-0.3, -0.25) is 4.79 Å². The third-order valence-electron chi connectivity index (χ3n) is 6.63. The normalized spacial score (nSPS) is 20.9. The number of nitrogens with one attached hydrogen (secondary N) is 1. The van der Waals surface area contributed by atoms with Gasteiger partial charge in [0.1, 0.15) is 0 Å². The van der Waals surface area contributed by atoms with E-state index in [0.29, 0.717) is 0 Å². The molecule has 1 spiro atoms. The molecular weight excluding hydrogens is 344 g/mol. The Balaban J connectivity index is 1.22. The molecule has 1 heterocycles. The number of anilines is 1. The number of nitrogens with zero attached hydrogens (tertiary/aromatic N) is 1. The van der Waals surface area contributed by atoms with Crippen molar-refractivity contribution in [2.75, 3.05) is 25.0 Å². The first kappa shape index (κ1) is 19.2. The lowest BCUT2D eigenvalue weighted by atomic mass is 9.90. The summed E-state index contributed by atoms with van der Waals surface area (Å²) in [6.45, 7) is 7.61. The van der Waals surface area contributed by atoms with Gasteiger partial charge in [-0.1, -0.05) is 36.4 Å². The smallest absolute Gasteiger partial charge is 0.228 e. The molecule has 2 aromatic carbocycles. The monoisotopic (exact) mass is 376 g/mol. The van der Waals surface area contributed by atoms with E-state index in [-0.39, 0.29) is 17.2 Å². The number of carbonyl (C=O) groups excluding carboxylic acids is 1. The van der Waals surface area contributed by atoms with E-state index in [9.17, 15) is 4.79 Å². The van der Waals surface area contributed by atoms with Crippen LogP contribution in [0.5, 0.6) is 0 Å². The van der Waals surface area contributed by atoms with Crippen LogP contribution >= 0.6 is 0 Å². The van der Waals surface area contributed by atoms with E-state index >= 15 is 0 Å². The molecule has 2 fully saturated rings. The molecule has 2 aromatic rings. The van der Waals surface area contributed by atoms with E-state index in [2.05, 4.69) is 72.6 Å². The van der Waals surface area contributed by atoms with E-state index in [4.69, 9.17) is 0 Å². The van der Waals surface area contributed by atoms with Crippen LogP contribution in [0.15, 0.2) is 48.5 Å². The summed E-state index contributed by atoms with van der Waals surface area (Å²) in [5.74, 6) is 0.433. The highest BCUT2D eigenvalue weighted by atomic mass is 16.2. The van der Waals surface area contributed by atoms with Crippen molar-refractivity contribution in [2.24, 2.45) is 11.3 Å². The summed E-state index contributed by atoms with van der Waals surface area (Å²) >= 11 is 0. The van der Waals surface area contributed by atoms with Gasteiger partial charge in [-0.2, -0.15) is 0 Å². The molecule has 4 rings (SSSR count). The average Bonchev–Trinajstić information content (AvgIpc) is 3.37. The van der Waals surface area contributed by atoms with Gasteiger partial charge in [-0.05, 0) is 99.8 Å². The first-order valence-electron chi connectivity index (χ1n) is 10.7. The number of hydrogen-bond donors (Lipinski definition) is 1. The third kappa shape index (κ3) is 4.47. The van der Waals surface area contributed by atoms with Crippen molar-refractivity contribution in [1.82, 2.24) is 4.90 Å². The lowest BCUT2D eigenvalue weighted by Crippen LogP contribution is -2.37. The van der Waals surface area contributed by atoms with Gasteiger partial charge in [0, 0.05) is 11.6 Å². The summed E-state index contributed by atoms with van der Waals surface area (Å²) in [7, 11) is 0. The molecular formula is C25H32N2O. The largest absolute Gasteiger partial charge is 0.326 e. The topological polar surface area (TPSA) is 32.3 Å². The van der Waals surface area contributed by atoms with Gasteiger partial charge >= 0.3 is 0 Å².